The summed E-state index contributed by atoms with van der Waals surface area (Å²) in [5, 5.41) is 21.8. The van der Waals surface area contributed by atoms with Crippen molar-refractivity contribution in [3.8, 4) is 5.88 Å². The zero-order valence-electron chi connectivity index (χ0n) is 16.3. The number of hydrogen-bond donors (Lipinski definition) is 2. The Morgan fingerprint density at radius 1 is 1.03 bits per heavy atom. The number of aromatic nitrogens is 3. The minimum absolute atomic E-state index is 0.0325. The van der Waals surface area contributed by atoms with E-state index in [0.717, 1.165) is 5.56 Å². The third kappa shape index (κ3) is 4.45. The number of aromatic hydroxyl groups is 1. The van der Waals surface area contributed by atoms with E-state index in [9.17, 15) is 14.7 Å². The lowest BCUT2D eigenvalue weighted by atomic mass is 10.1. The molecule has 0 aliphatic heterocycles. The number of carbonyl (C=O) groups is 2. The maximum absolute atomic E-state index is 12.3. The highest BCUT2D eigenvalue weighted by atomic mass is 16.3. The second-order valence-electron chi connectivity index (χ2n) is 6.63. The average Bonchev–Trinajstić information content (AvgIpc) is 3.08. The average molecular weight is 414 g/mol. The van der Waals surface area contributed by atoms with Crippen LogP contribution in [-0.4, -0.2) is 31.5 Å². The third-order valence-electron chi connectivity index (χ3n) is 4.57. The van der Waals surface area contributed by atoms with Gasteiger partial charge < -0.3 is 10.4 Å². The van der Waals surface area contributed by atoms with Gasteiger partial charge in [-0.25, -0.2) is 4.98 Å². The lowest BCUT2D eigenvalue weighted by Crippen LogP contribution is -2.26. The molecule has 2 aromatic carbocycles. The summed E-state index contributed by atoms with van der Waals surface area (Å²) >= 11 is 0. The normalized spacial score (nSPS) is 11.1. The van der Waals surface area contributed by atoms with Crippen molar-refractivity contribution in [2.75, 3.05) is 0 Å². The van der Waals surface area contributed by atoms with E-state index in [1.165, 1.54) is 23.2 Å². The molecule has 2 amide bonds. The molecular weight excluding hydrogens is 396 g/mol. The molecule has 0 radical (unpaired) electrons. The van der Waals surface area contributed by atoms with Gasteiger partial charge in [0.2, 0.25) is 5.88 Å². The summed E-state index contributed by atoms with van der Waals surface area (Å²) in [4.78, 5) is 32.3. The molecule has 31 heavy (non-hydrogen) atoms. The van der Waals surface area contributed by atoms with Gasteiger partial charge in [-0.2, -0.15) is 0 Å². The Balaban J connectivity index is 1.56. The fourth-order valence-corrected chi connectivity index (χ4v) is 3.10. The SMILES string of the molecule is O=C(Cc1ccccc1)N=Nc1c(O)n(CNC(=O)c2cnccn2)c2ccccc12. The second-order valence-corrected chi connectivity index (χ2v) is 6.63. The van der Waals surface area contributed by atoms with E-state index in [-0.39, 0.29) is 30.4 Å². The van der Waals surface area contributed by atoms with Gasteiger partial charge in [-0.3, -0.25) is 19.1 Å². The van der Waals surface area contributed by atoms with Crippen molar-refractivity contribution in [3.05, 3.63) is 84.4 Å². The van der Waals surface area contributed by atoms with E-state index < -0.39 is 11.8 Å². The molecule has 0 bridgehead atoms. The van der Waals surface area contributed by atoms with Crippen molar-refractivity contribution in [1.82, 2.24) is 19.9 Å². The Bertz CT molecular complexity index is 1250. The summed E-state index contributed by atoms with van der Waals surface area (Å²) in [5.41, 5.74) is 1.77. The molecule has 0 saturated heterocycles. The maximum atomic E-state index is 12.3. The first-order valence-electron chi connectivity index (χ1n) is 9.46. The van der Waals surface area contributed by atoms with Crippen LogP contribution in [-0.2, 0) is 17.9 Å². The summed E-state index contributed by atoms with van der Waals surface area (Å²) in [5.74, 6) is -1.08. The van der Waals surface area contributed by atoms with Crippen LogP contribution in [0.1, 0.15) is 16.1 Å². The number of hydrogen-bond acceptors (Lipinski definition) is 6. The van der Waals surface area contributed by atoms with Crippen LogP contribution < -0.4 is 5.32 Å². The van der Waals surface area contributed by atoms with Gasteiger partial charge in [0.05, 0.1) is 24.8 Å². The molecule has 0 fully saturated rings. The number of azo groups is 1. The predicted octanol–water partition coefficient (Wildman–Crippen LogP) is 3.38. The lowest BCUT2D eigenvalue weighted by Gasteiger charge is -2.08. The minimum Gasteiger partial charge on any atom is -0.493 e. The van der Waals surface area contributed by atoms with Gasteiger partial charge in [-0.1, -0.05) is 48.5 Å². The molecule has 0 atom stereocenters. The predicted molar refractivity (Wildman–Crippen MR) is 113 cm³/mol. The number of carbonyl (C=O) groups excluding carboxylic acids is 2. The van der Waals surface area contributed by atoms with Crippen molar-refractivity contribution in [1.29, 1.82) is 0 Å². The highest BCUT2D eigenvalue weighted by Gasteiger charge is 2.17. The smallest absolute Gasteiger partial charge is 0.272 e. The first-order chi connectivity index (χ1) is 15.1. The zero-order chi connectivity index (χ0) is 21.6. The molecule has 0 saturated carbocycles. The van der Waals surface area contributed by atoms with Crippen LogP contribution in [0.15, 0.2) is 83.4 Å². The van der Waals surface area contributed by atoms with Crippen molar-refractivity contribution < 1.29 is 14.7 Å². The van der Waals surface area contributed by atoms with E-state index >= 15 is 0 Å². The highest BCUT2D eigenvalue weighted by molar-refractivity contribution is 5.96. The summed E-state index contributed by atoms with van der Waals surface area (Å²) in [6.45, 7) is -0.0325. The summed E-state index contributed by atoms with van der Waals surface area (Å²) in [7, 11) is 0. The van der Waals surface area contributed by atoms with Crippen LogP contribution in [0.5, 0.6) is 5.88 Å². The fourth-order valence-electron chi connectivity index (χ4n) is 3.10. The van der Waals surface area contributed by atoms with Crippen molar-refractivity contribution in [2.24, 2.45) is 10.2 Å². The number of amides is 2. The van der Waals surface area contributed by atoms with Crippen LogP contribution in [0.25, 0.3) is 10.9 Å². The zero-order valence-corrected chi connectivity index (χ0v) is 16.3. The van der Waals surface area contributed by atoms with Crippen LogP contribution in [0.3, 0.4) is 0 Å². The Labute approximate surface area is 177 Å². The number of nitrogens with one attached hydrogen (secondary N) is 1. The molecule has 0 aliphatic carbocycles. The Morgan fingerprint density at radius 3 is 2.58 bits per heavy atom. The molecule has 0 spiro atoms. The first-order valence-corrected chi connectivity index (χ1v) is 9.46. The Morgan fingerprint density at radius 2 is 1.81 bits per heavy atom. The second kappa shape index (κ2) is 8.95. The molecule has 2 N–H and O–H groups in total. The number of rotatable bonds is 6. The number of para-hydroxylation sites is 1. The largest absolute Gasteiger partial charge is 0.493 e. The molecule has 0 unspecified atom stereocenters. The van der Waals surface area contributed by atoms with E-state index in [0.29, 0.717) is 10.9 Å². The Kier molecular flexibility index (Phi) is 5.75. The van der Waals surface area contributed by atoms with Gasteiger partial charge >= 0.3 is 0 Å². The van der Waals surface area contributed by atoms with E-state index in [4.69, 9.17) is 0 Å². The fraction of sp³-hybridized carbons (Fsp3) is 0.0909. The molecule has 9 heteroatoms. The van der Waals surface area contributed by atoms with E-state index in [2.05, 4.69) is 25.5 Å². The maximum Gasteiger partial charge on any atom is 0.272 e. The molecule has 0 aliphatic rings. The number of fused-ring (bicyclic) bond motifs is 1. The van der Waals surface area contributed by atoms with Crippen LogP contribution in [0.2, 0.25) is 0 Å². The topological polar surface area (TPSA) is 122 Å². The monoisotopic (exact) mass is 414 g/mol. The summed E-state index contributed by atoms with van der Waals surface area (Å²) < 4.78 is 1.47. The lowest BCUT2D eigenvalue weighted by molar-refractivity contribution is -0.117. The van der Waals surface area contributed by atoms with Gasteiger partial charge in [-0.15, -0.1) is 10.2 Å². The standard InChI is InChI=1S/C22H18N6O3/c29-19(12-15-6-2-1-3-7-15)26-27-20-16-8-4-5-9-18(16)28(22(20)31)14-25-21(30)17-13-23-10-11-24-17/h1-11,13,31H,12,14H2,(H,25,30). The minimum atomic E-state index is -0.438. The van der Waals surface area contributed by atoms with Gasteiger partial charge in [0.25, 0.3) is 11.8 Å². The van der Waals surface area contributed by atoms with Crippen LogP contribution in [0, 0.1) is 0 Å². The van der Waals surface area contributed by atoms with E-state index in [1.807, 2.05) is 30.3 Å². The molecule has 9 nitrogen and oxygen atoms in total. The third-order valence-corrected chi connectivity index (χ3v) is 4.57. The molecular formula is C22H18N6O3. The Hall–Kier alpha value is -4.40. The van der Waals surface area contributed by atoms with Crippen molar-refractivity contribution in [3.63, 3.8) is 0 Å². The van der Waals surface area contributed by atoms with Gasteiger partial charge in [0.15, 0.2) is 5.69 Å². The molecule has 2 heterocycles. The summed E-state index contributed by atoms with van der Waals surface area (Å²) in [6.07, 6.45) is 4.35. The highest BCUT2D eigenvalue weighted by Crippen LogP contribution is 2.38. The number of benzene rings is 2. The van der Waals surface area contributed by atoms with Crippen molar-refractivity contribution >= 4 is 28.4 Å². The van der Waals surface area contributed by atoms with Crippen LogP contribution >= 0.6 is 0 Å². The van der Waals surface area contributed by atoms with Crippen LogP contribution in [0.4, 0.5) is 5.69 Å². The van der Waals surface area contributed by atoms with Gasteiger partial charge in [-0.05, 0) is 11.6 Å². The van der Waals surface area contributed by atoms with Gasteiger partial charge in [0, 0.05) is 17.8 Å². The number of nitrogens with zero attached hydrogens (tertiary/aromatic N) is 5. The molecule has 2 aromatic heterocycles. The van der Waals surface area contributed by atoms with E-state index in [1.54, 1.807) is 24.3 Å². The first kappa shape index (κ1) is 19.9. The molecule has 4 rings (SSSR count). The van der Waals surface area contributed by atoms with Crippen molar-refractivity contribution in [2.45, 2.75) is 13.1 Å². The molecule has 4 aromatic rings. The molecule has 154 valence electrons. The van der Waals surface area contributed by atoms with Gasteiger partial charge in [0.1, 0.15) is 5.69 Å². The summed E-state index contributed by atoms with van der Waals surface area (Å²) in [6, 6.07) is 16.3. The quantitative estimate of drug-likeness (QED) is 0.469.